The van der Waals surface area contributed by atoms with Gasteiger partial charge >= 0.3 is 5.97 Å². The minimum Gasteiger partial charge on any atom is -0.481 e. The monoisotopic (exact) mass is 306 g/mol. The van der Waals surface area contributed by atoms with Gasteiger partial charge in [0.25, 0.3) is 0 Å². The first-order valence-electron chi connectivity index (χ1n) is 8.08. The average molecular weight is 306 g/mol. The van der Waals surface area contributed by atoms with Crippen molar-refractivity contribution in [3.63, 3.8) is 0 Å². The maximum atomic E-state index is 11.7. The number of thiazole rings is 1. The highest BCUT2D eigenvalue weighted by Gasteiger charge is 2.54. The smallest absolute Gasteiger partial charge is 0.311 e. The van der Waals surface area contributed by atoms with Crippen molar-refractivity contribution in [1.29, 1.82) is 0 Å². The van der Waals surface area contributed by atoms with Crippen LogP contribution in [0.5, 0.6) is 0 Å². The van der Waals surface area contributed by atoms with Crippen molar-refractivity contribution < 1.29 is 9.90 Å². The highest BCUT2D eigenvalue weighted by Crippen LogP contribution is 2.49. The Morgan fingerprint density at radius 3 is 2.95 bits per heavy atom. The van der Waals surface area contributed by atoms with E-state index in [2.05, 4.69) is 9.88 Å². The van der Waals surface area contributed by atoms with Crippen LogP contribution in [0.25, 0.3) is 0 Å². The van der Waals surface area contributed by atoms with Gasteiger partial charge in [-0.25, -0.2) is 4.98 Å². The van der Waals surface area contributed by atoms with Gasteiger partial charge in [0.05, 0.1) is 10.4 Å². The Morgan fingerprint density at radius 1 is 1.43 bits per heavy atom. The van der Waals surface area contributed by atoms with Gasteiger partial charge in [-0.05, 0) is 31.6 Å². The number of aromatic nitrogens is 1. The second-order valence-corrected chi connectivity index (χ2v) is 8.16. The molecule has 1 aromatic heterocycles. The molecule has 5 heteroatoms. The fourth-order valence-electron chi connectivity index (χ4n) is 4.32. The molecule has 21 heavy (non-hydrogen) atoms. The van der Waals surface area contributed by atoms with Gasteiger partial charge in [0, 0.05) is 36.6 Å². The van der Waals surface area contributed by atoms with Crippen LogP contribution in [0.2, 0.25) is 0 Å². The van der Waals surface area contributed by atoms with Crippen LogP contribution < -0.4 is 0 Å². The van der Waals surface area contributed by atoms with Gasteiger partial charge in [0.2, 0.25) is 0 Å². The molecule has 0 bridgehead atoms. The summed E-state index contributed by atoms with van der Waals surface area (Å²) in [7, 11) is 0. The fraction of sp³-hybridized carbons (Fsp3) is 0.750. The lowest BCUT2D eigenvalue weighted by Gasteiger charge is -2.23. The second kappa shape index (κ2) is 5.06. The molecule has 0 unspecified atom stereocenters. The summed E-state index contributed by atoms with van der Waals surface area (Å²) in [6.07, 6.45) is 8.96. The molecule has 0 spiro atoms. The van der Waals surface area contributed by atoms with Crippen molar-refractivity contribution in [2.24, 2.45) is 11.3 Å². The van der Waals surface area contributed by atoms with Crippen LogP contribution in [0.4, 0.5) is 0 Å². The standard InChI is InChI=1S/C16H22N2O2S/c19-15(20)16-6-2-5-12(16)8-18(10-16)9-13-7-17-14(21-13)11-3-1-4-11/h7,11-12H,1-6,8-10H2,(H,19,20)/t12-,16+/m0/s1. The number of carboxylic acid groups (broad SMARTS) is 1. The highest BCUT2D eigenvalue weighted by atomic mass is 32.1. The molecule has 2 saturated carbocycles. The summed E-state index contributed by atoms with van der Waals surface area (Å²) in [4.78, 5) is 19.9. The van der Waals surface area contributed by atoms with Crippen LogP contribution in [-0.4, -0.2) is 34.0 Å². The Balaban J connectivity index is 1.44. The number of hydrogen-bond donors (Lipinski definition) is 1. The van der Waals surface area contributed by atoms with E-state index >= 15 is 0 Å². The maximum Gasteiger partial charge on any atom is 0.311 e. The first kappa shape index (κ1) is 13.7. The molecule has 2 aliphatic carbocycles. The average Bonchev–Trinajstić information content (AvgIpc) is 3.01. The van der Waals surface area contributed by atoms with Crippen LogP contribution in [0.1, 0.15) is 54.3 Å². The largest absolute Gasteiger partial charge is 0.481 e. The SMILES string of the molecule is O=C(O)[C@@]12CCC[C@H]1CN(Cc1cnc(C3CCC3)s1)C2. The van der Waals surface area contributed by atoms with Crippen LogP contribution in [-0.2, 0) is 11.3 Å². The van der Waals surface area contributed by atoms with Crippen molar-refractivity contribution in [3.05, 3.63) is 16.1 Å². The van der Waals surface area contributed by atoms with Crippen molar-refractivity contribution in [2.75, 3.05) is 13.1 Å². The predicted octanol–water partition coefficient (Wildman–Crippen LogP) is 3.10. The molecular formula is C16H22N2O2S. The molecule has 0 aromatic carbocycles. The minimum absolute atomic E-state index is 0.356. The molecule has 2 heterocycles. The molecule has 4 rings (SSSR count). The Morgan fingerprint density at radius 2 is 2.29 bits per heavy atom. The van der Waals surface area contributed by atoms with Gasteiger partial charge in [-0.1, -0.05) is 12.8 Å². The molecule has 0 radical (unpaired) electrons. The van der Waals surface area contributed by atoms with E-state index in [9.17, 15) is 9.90 Å². The zero-order valence-corrected chi connectivity index (χ0v) is 13.1. The van der Waals surface area contributed by atoms with E-state index in [1.807, 2.05) is 17.5 Å². The third-order valence-electron chi connectivity index (χ3n) is 5.77. The van der Waals surface area contributed by atoms with Crippen molar-refractivity contribution in [3.8, 4) is 0 Å². The van der Waals surface area contributed by atoms with Gasteiger partial charge in [-0.3, -0.25) is 9.69 Å². The molecule has 1 saturated heterocycles. The zero-order chi connectivity index (χ0) is 14.4. The topological polar surface area (TPSA) is 53.4 Å². The molecule has 1 N–H and O–H groups in total. The van der Waals surface area contributed by atoms with Crippen molar-refractivity contribution >= 4 is 17.3 Å². The lowest BCUT2D eigenvalue weighted by atomic mass is 9.81. The van der Waals surface area contributed by atoms with E-state index in [0.29, 0.717) is 11.8 Å². The van der Waals surface area contributed by atoms with E-state index in [-0.39, 0.29) is 0 Å². The second-order valence-electron chi connectivity index (χ2n) is 7.01. The number of nitrogens with zero attached hydrogens (tertiary/aromatic N) is 2. The molecule has 0 amide bonds. The number of likely N-dealkylation sites (tertiary alicyclic amines) is 1. The third-order valence-corrected chi connectivity index (χ3v) is 6.92. The summed E-state index contributed by atoms with van der Waals surface area (Å²) in [5, 5.41) is 10.9. The Bertz CT molecular complexity index is 554. The maximum absolute atomic E-state index is 11.7. The highest BCUT2D eigenvalue weighted by molar-refractivity contribution is 7.11. The summed E-state index contributed by atoms with van der Waals surface area (Å²) in [5.74, 6) is 0.480. The van der Waals surface area contributed by atoms with E-state index in [0.717, 1.165) is 38.9 Å². The first-order valence-corrected chi connectivity index (χ1v) is 8.89. The Labute approximate surface area is 129 Å². The summed E-state index contributed by atoms with van der Waals surface area (Å²) >= 11 is 1.84. The first-order chi connectivity index (χ1) is 10.2. The third kappa shape index (κ3) is 2.21. The Hall–Kier alpha value is -0.940. The van der Waals surface area contributed by atoms with Gasteiger partial charge < -0.3 is 5.11 Å². The molecule has 1 aliphatic heterocycles. The van der Waals surface area contributed by atoms with Gasteiger partial charge in [0.1, 0.15) is 0 Å². The molecule has 4 nitrogen and oxygen atoms in total. The molecule has 2 atom stereocenters. The van der Waals surface area contributed by atoms with Gasteiger partial charge in [-0.15, -0.1) is 11.3 Å². The van der Waals surface area contributed by atoms with Crippen molar-refractivity contribution in [1.82, 2.24) is 9.88 Å². The van der Waals surface area contributed by atoms with Crippen LogP contribution >= 0.6 is 11.3 Å². The molecule has 1 aromatic rings. The number of rotatable bonds is 4. The quantitative estimate of drug-likeness (QED) is 0.928. The van der Waals surface area contributed by atoms with Gasteiger partial charge in [-0.2, -0.15) is 0 Å². The van der Waals surface area contributed by atoms with Crippen molar-refractivity contribution in [2.45, 2.75) is 51.0 Å². The summed E-state index contributed by atoms with van der Waals surface area (Å²) in [6, 6.07) is 0. The minimum atomic E-state index is -0.577. The van der Waals surface area contributed by atoms with Crippen LogP contribution in [0, 0.1) is 11.3 Å². The number of aliphatic carboxylic acids is 1. The van der Waals surface area contributed by atoms with Gasteiger partial charge in [0.15, 0.2) is 0 Å². The number of carboxylic acids is 1. The number of fused-ring (bicyclic) bond motifs is 1. The molecular weight excluding hydrogens is 284 g/mol. The predicted molar refractivity (Wildman–Crippen MR) is 81.4 cm³/mol. The summed E-state index contributed by atoms with van der Waals surface area (Å²) in [5.41, 5.74) is -0.457. The Kier molecular flexibility index (Phi) is 3.30. The molecule has 114 valence electrons. The lowest BCUT2D eigenvalue weighted by molar-refractivity contribution is -0.149. The van der Waals surface area contributed by atoms with E-state index < -0.39 is 11.4 Å². The van der Waals surface area contributed by atoms with E-state index in [4.69, 9.17) is 0 Å². The van der Waals surface area contributed by atoms with E-state index in [1.165, 1.54) is 29.1 Å². The van der Waals surface area contributed by atoms with Crippen LogP contribution in [0.3, 0.4) is 0 Å². The number of hydrogen-bond acceptors (Lipinski definition) is 4. The van der Waals surface area contributed by atoms with E-state index in [1.54, 1.807) is 0 Å². The number of carbonyl (C=O) groups is 1. The normalized spacial score (nSPS) is 33.0. The summed E-state index contributed by atoms with van der Waals surface area (Å²) in [6.45, 7) is 2.56. The zero-order valence-electron chi connectivity index (χ0n) is 12.3. The molecule has 3 aliphatic rings. The molecule has 3 fully saturated rings. The van der Waals surface area contributed by atoms with Crippen LogP contribution in [0.15, 0.2) is 6.20 Å². The lowest BCUT2D eigenvalue weighted by Crippen LogP contribution is -2.35. The summed E-state index contributed by atoms with van der Waals surface area (Å²) < 4.78 is 0. The fourth-order valence-corrected chi connectivity index (χ4v) is 5.45.